The van der Waals surface area contributed by atoms with Crippen LogP contribution in [0.5, 0.6) is 5.75 Å². The van der Waals surface area contributed by atoms with E-state index in [1.165, 1.54) is 6.07 Å². The Balaban J connectivity index is 2.67. The van der Waals surface area contributed by atoms with E-state index >= 15 is 0 Å². The number of para-hydroxylation sites is 1. The summed E-state index contributed by atoms with van der Waals surface area (Å²) < 4.78 is 5.64. The van der Waals surface area contributed by atoms with Crippen molar-refractivity contribution in [2.75, 3.05) is 0 Å². The van der Waals surface area contributed by atoms with Crippen molar-refractivity contribution in [2.45, 2.75) is 59.0 Å². The number of benzene rings is 1. The molecule has 1 aromatic carbocycles. The fourth-order valence-electron chi connectivity index (χ4n) is 2.11. The van der Waals surface area contributed by atoms with Crippen LogP contribution in [0.3, 0.4) is 0 Å². The lowest BCUT2D eigenvalue weighted by atomic mass is 9.93. The molecule has 0 aliphatic heterocycles. The fourth-order valence-corrected chi connectivity index (χ4v) is 2.11. The smallest absolute Gasteiger partial charge is 0.342 e. The second-order valence-corrected chi connectivity index (χ2v) is 6.00. The Morgan fingerprint density at radius 2 is 2.00 bits per heavy atom. The minimum absolute atomic E-state index is 0.0295. The summed E-state index contributed by atoms with van der Waals surface area (Å²) in [4.78, 5) is 12.2. The Hall–Kier alpha value is -1.51. The molecule has 0 saturated carbocycles. The highest BCUT2D eigenvalue weighted by Gasteiger charge is 2.28. The molecule has 0 aliphatic carbocycles. The van der Waals surface area contributed by atoms with Gasteiger partial charge in [-0.25, -0.2) is 4.79 Å². The molecule has 0 spiro atoms. The van der Waals surface area contributed by atoms with Gasteiger partial charge in [-0.15, -0.1) is 0 Å². The minimum Gasteiger partial charge on any atom is -0.507 e. The van der Waals surface area contributed by atoms with Crippen molar-refractivity contribution >= 4 is 5.97 Å². The van der Waals surface area contributed by atoms with Gasteiger partial charge < -0.3 is 9.84 Å². The lowest BCUT2D eigenvalue weighted by Gasteiger charge is -2.29. The van der Waals surface area contributed by atoms with Gasteiger partial charge in [0.25, 0.3) is 0 Å². The first-order valence-electron chi connectivity index (χ1n) is 7.39. The summed E-state index contributed by atoms with van der Waals surface area (Å²) in [5, 5.41) is 9.70. The molecule has 3 nitrogen and oxygen atoms in total. The quantitative estimate of drug-likeness (QED) is 0.745. The van der Waals surface area contributed by atoms with Crippen molar-refractivity contribution in [3.8, 4) is 5.75 Å². The molecule has 0 fully saturated rings. The summed E-state index contributed by atoms with van der Waals surface area (Å²) >= 11 is 0. The Labute approximate surface area is 122 Å². The van der Waals surface area contributed by atoms with Gasteiger partial charge in [0, 0.05) is 0 Å². The minimum atomic E-state index is -0.464. The monoisotopic (exact) mass is 278 g/mol. The van der Waals surface area contributed by atoms with Crippen LogP contribution in [0.2, 0.25) is 0 Å². The Bertz CT molecular complexity index is 440. The number of hydrogen-bond donors (Lipinski definition) is 1. The molecule has 1 unspecified atom stereocenters. The van der Waals surface area contributed by atoms with Gasteiger partial charge in [0.2, 0.25) is 0 Å². The summed E-state index contributed by atoms with van der Waals surface area (Å²) in [6.07, 6.45) is 3.78. The van der Waals surface area contributed by atoms with Crippen LogP contribution in [0.1, 0.15) is 63.7 Å². The number of aromatic hydroxyl groups is 1. The zero-order valence-electron chi connectivity index (χ0n) is 13.0. The SMILES string of the molecule is CCC(C)(CCCC(C)C)OC(=O)c1ccccc1O. The van der Waals surface area contributed by atoms with Crippen molar-refractivity contribution in [3.63, 3.8) is 0 Å². The largest absolute Gasteiger partial charge is 0.507 e. The molecule has 1 aromatic rings. The van der Waals surface area contributed by atoms with Crippen LogP contribution < -0.4 is 0 Å². The normalized spacial score (nSPS) is 14.1. The molecule has 0 amide bonds. The van der Waals surface area contributed by atoms with Crippen molar-refractivity contribution in [1.82, 2.24) is 0 Å². The first kappa shape index (κ1) is 16.5. The Morgan fingerprint density at radius 1 is 1.35 bits per heavy atom. The number of esters is 1. The topological polar surface area (TPSA) is 46.5 Å². The second kappa shape index (κ2) is 7.32. The third kappa shape index (κ3) is 4.87. The maximum absolute atomic E-state index is 12.2. The Morgan fingerprint density at radius 3 is 2.55 bits per heavy atom. The summed E-state index contributed by atoms with van der Waals surface area (Å²) in [6.45, 7) is 8.37. The van der Waals surface area contributed by atoms with Crippen molar-refractivity contribution in [2.24, 2.45) is 5.92 Å². The molecule has 0 radical (unpaired) electrons. The lowest BCUT2D eigenvalue weighted by Crippen LogP contribution is -2.31. The fraction of sp³-hybridized carbons (Fsp3) is 0.588. The first-order valence-corrected chi connectivity index (χ1v) is 7.39. The van der Waals surface area contributed by atoms with E-state index in [2.05, 4.69) is 13.8 Å². The van der Waals surface area contributed by atoms with E-state index in [9.17, 15) is 9.90 Å². The van der Waals surface area contributed by atoms with E-state index in [1.54, 1.807) is 18.2 Å². The average Bonchev–Trinajstić information content (AvgIpc) is 2.38. The molecule has 1 atom stereocenters. The molecular weight excluding hydrogens is 252 g/mol. The first-order chi connectivity index (χ1) is 9.38. The Kier molecular flexibility index (Phi) is 6.05. The van der Waals surface area contributed by atoms with E-state index in [0.29, 0.717) is 5.92 Å². The van der Waals surface area contributed by atoms with E-state index in [-0.39, 0.29) is 11.3 Å². The van der Waals surface area contributed by atoms with Crippen LogP contribution >= 0.6 is 0 Å². The molecule has 112 valence electrons. The van der Waals surface area contributed by atoms with Crippen molar-refractivity contribution < 1.29 is 14.6 Å². The van der Waals surface area contributed by atoms with Crippen molar-refractivity contribution in [3.05, 3.63) is 29.8 Å². The van der Waals surface area contributed by atoms with E-state index in [0.717, 1.165) is 25.7 Å². The zero-order valence-corrected chi connectivity index (χ0v) is 13.0. The van der Waals surface area contributed by atoms with E-state index in [1.807, 2.05) is 13.8 Å². The molecule has 1 N–H and O–H groups in total. The maximum atomic E-state index is 12.2. The van der Waals surface area contributed by atoms with Gasteiger partial charge >= 0.3 is 5.97 Å². The molecule has 0 aromatic heterocycles. The number of phenolic OH excluding ortho intramolecular Hbond substituents is 1. The van der Waals surface area contributed by atoms with E-state index in [4.69, 9.17) is 4.74 Å². The molecule has 0 aliphatic rings. The highest BCUT2D eigenvalue weighted by Crippen LogP contribution is 2.27. The third-order valence-corrected chi connectivity index (χ3v) is 3.70. The summed E-state index contributed by atoms with van der Waals surface area (Å²) in [7, 11) is 0. The van der Waals surface area contributed by atoms with Gasteiger partial charge in [0.1, 0.15) is 16.9 Å². The van der Waals surface area contributed by atoms with Crippen LogP contribution in [0.25, 0.3) is 0 Å². The molecule has 1 rings (SSSR count). The average molecular weight is 278 g/mol. The van der Waals surface area contributed by atoms with Crippen LogP contribution in [-0.2, 0) is 4.74 Å². The predicted octanol–water partition coefficient (Wildman–Crippen LogP) is 4.54. The van der Waals surface area contributed by atoms with Crippen LogP contribution in [0, 0.1) is 5.92 Å². The van der Waals surface area contributed by atoms with Crippen LogP contribution in [0.15, 0.2) is 24.3 Å². The van der Waals surface area contributed by atoms with Crippen LogP contribution in [0.4, 0.5) is 0 Å². The highest BCUT2D eigenvalue weighted by molar-refractivity contribution is 5.92. The standard InChI is InChI=1S/C17H26O3/c1-5-17(4,12-8-9-13(2)3)20-16(19)14-10-6-7-11-15(14)18/h6-7,10-11,13,18H,5,8-9,12H2,1-4H3. The number of carbonyl (C=O) groups excluding carboxylic acids is 1. The summed E-state index contributed by atoms with van der Waals surface area (Å²) in [6, 6.07) is 6.49. The number of hydrogen-bond acceptors (Lipinski definition) is 3. The second-order valence-electron chi connectivity index (χ2n) is 6.00. The lowest BCUT2D eigenvalue weighted by molar-refractivity contribution is -0.0169. The number of rotatable bonds is 7. The summed E-state index contributed by atoms with van der Waals surface area (Å²) in [5.74, 6) is 0.181. The number of phenols is 1. The molecule has 0 bridgehead atoms. The van der Waals surface area contributed by atoms with Crippen molar-refractivity contribution in [1.29, 1.82) is 0 Å². The van der Waals surface area contributed by atoms with Gasteiger partial charge in [0.15, 0.2) is 0 Å². The van der Waals surface area contributed by atoms with Crippen LogP contribution in [-0.4, -0.2) is 16.7 Å². The number of carbonyl (C=O) groups is 1. The third-order valence-electron chi connectivity index (χ3n) is 3.70. The highest BCUT2D eigenvalue weighted by atomic mass is 16.6. The zero-order chi connectivity index (χ0) is 15.2. The van der Waals surface area contributed by atoms with Gasteiger partial charge in [-0.1, -0.05) is 39.3 Å². The molecular formula is C17H26O3. The van der Waals surface area contributed by atoms with Gasteiger partial charge in [-0.3, -0.25) is 0 Å². The molecule has 3 heteroatoms. The molecule has 20 heavy (non-hydrogen) atoms. The molecule has 0 saturated heterocycles. The van der Waals surface area contributed by atoms with Gasteiger partial charge in [-0.2, -0.15) is 0 Å². The van der Waals surface area contributed by atoms with Gasteiger partial charge in [0.05, 0.1) is 0 Å². The maximum Gasteiger partial charge on any atom is 0.342 e. The summed E-state index contributed by atoms with van der Waals surface area (Å²) in [5.41, 5.74) is -0.232. The van der Waals surface area contributed by atoms with Gasteiger partial charge in [-0.05, 0) is 44.2 Å². The predicted molar refractivity (Wildman–Crippen MR) is 80.9 cm³/mol. The van der Waals surface area contributed by atoms with E-state index < -0.39 is 11.6 Å². The molecule has 0 heterocycles. The number of ether oxygens (including phenoxy) is 1.